The third-order valence-electron chi connectivity index (χ3n) is 2.91. The molecule has 1 N–H and O–H groups in total. The maximum absolute atomic E-state index is 12.8. The molecule has 0 bridgehead atoms. The largest absolute Gasteiger partial charge is 0.477 e. The SMILES string of the molecule is Cn1c(C(=O)O)ccc1-c1ccc(Cl)c(C(F)(F)F)c1. The molecule has 0 saturated heterocycles. The van der Waals surface area contributed by atoms with Gasteiger partial charge in [-0.15, -0.1) is 0 Å². The van der Waals surface area contributed by atoms with E-state index in [1.807, 2.05) is 0 Å². The van der Waals surface area contributed by atoms with Crippen molar-refractivity contribution in [1.29, 1.82) is 0 Å². The van der Waals surface area contributed by atoms with Gasteiger partial charge in [0.05, 0.1) is 10.6 Å². The van der Waals surface area contributed by atoms with Gasteiger partial charge in [0.2, 0.25) is 0 Å². The van der Waals surface area contributed by atoms with Crippen LogP contribution in [0.4, 0.5) is 13.2 Å². The summed E-state index contributed by atoms with van der Waals surface area (Å²) in [6.45, 7) is 0. The molecule has 106 valence electrons. The highest BCUT2D eigenvalue weighted by atomic mass is 35.5. The van der Waals surface area contributed by atoms with Crippen molar-refractivity contribution in [3.63, 3.8) is 0 Å². The summed E-state index contributed by atoms with van der Waals surface area (Å²) >= 11 is 5.54. The molecule has 7 heteroatoms. The summed E-state index contributed by atoms with van der Waals surface area (Å²) in [6.07, 6.45) is -4.56. The van der Waals surface area contributed by atoms with Gasteiger partial charge in [-0.1, -0.05) is 17.7 Å². The molecule has 0 amide bonds. The van der Waals surface area contributed by atoms with Gasteiger partial charge in [0.25, 0.3) is 0 Å². The van der Waals surface area contributed by atoms with Crippen LogP contribution in [0.25, 0.3) is 11.3 Å². The molecule has 0 aliphatic carbocycles. The number of hydrogen-bond acceptors (Lipinski definition) is 1. The smallest absolute Gasteiger partial charge is 0.417 e. The topological polar surface area (TPSA) is 42.2 Å². The highest BCUT2D eigenvalue weighted by Gasteiger charge is 2.33. The molecule has 1 aromatic heterocycles. The van der Waals surface area contributed by atoms with E-state index < -0.39 is 22.7 Å². The van der Waals surface area contributed by atoms with Crippen LogP contribution in [0.3, 0.4) is 0 Å². The van der Waals surface area contributed by atoms with Crippen molar-refractivity contribution in [2.75, 3.05) is 0 Å². The van der Waals surface area contributed by atoms with E-state index in [0.717, 1.165) is 12.1 Å². The Morgan fingerprint density at radius 1 is 1.25 bits per heavy atom. The van der Waals surface area contributed by atoms with E-state index in [0.29, 0.717) is 5.69 Å². The Morgan fingerprint density at radius 3 is 2.40 bits per heavy atom. The van der Waals surface area contributed by atoms with Crippen molar-refractivity contribution < 1.29 is 23.1 Å². The summed E-state index contributed by atoms with van der Waals surface area (Å²) < 4.78 is 39.7. The fourth-order valence-corrected chi connectivity index (χ4v) is 2.14. The number of nitrogens with zero attached hydrogens (tertiary/aromatic N) is 1. The van der Waals surface area contributed by atoms with Crippen LogP contribution in [0, 0.1) is 0 Å². The predicted molar refractivity (Wildman–Crippen MR) is 67.8 cm³/mol. The first kappa shape index (κ1) is 14.5. The number of aromatic carboxylic acids is 1. The number of benzene rings is 1. The van der Waals surface area contributed by atoms with E-state index in [-0.39, 0.29) is 11.3 Å². The zero-order valence-corrected chi connectivity index (χ0v) is 11.0. The quantitative estimate of drug-likeness (QED) is 0.909. The standard InChI is InChI=1S/C13H9ClF3NO2/c1-18-10(4-5-11(18)12(19)20)7-2-3-9(14)8(6-7)13(15,16)17/h2-6H,1H3,(H,19,20). The van der Waals surface area contributed by atoms with Crippen LogP contribution in [0.2, 0.25) is 5.02 Å². The van der Waals surface area contributed by atoms with Crippen molar-refractivity contribution >= 4 is 17.6 Å². The van der Waals surface area contributed by atoms with E-state index in [2.05, 4.69) is 0 Å². The molecule has 0 saturated carbocycles. The van der Waals surface area contributed by atoms with E-state index in [1.165, 1.54) is 29.8 Å². The first-order valence-electron chi connectivity index (χ1n) is 5.48. The van der Waals surface area contributed by atoms with E-state index in [4.69, 9.17) is 16.7 Å². The second-order valence-corrected chi connectivity index (χ2v) is 4.57. The lowest BCUT2D eigenvalue weighted by Crippen LogP contribution is -2.07. The normalized spacial score (nSPS) is 11.7. The van der Waals surface area contributed by atoms with Gasteiger partial charge in [-0.2, -0.15) is 13.2 Å². The van der Waals surface area contributed by atoms with Gasteiger partial charge in [0, 0.05) is 12.7 Å². The average Bonchev–Trinajstić information content (AvgIpc) is 2.70. The Balaban J connectivity index is 2.57. The van der Waals surface area contributed by atoms with Crippen molar-refractivity contribution in [1.82, 2.24) is 4.57 Å². The first-order valence-corrected chi connectivity index (χ1v) is 5.85. The van der Waals surface area contributed by atoms with E-state index >= 15 is 0 Å². The number of carboxylic acid groups (broad SMARTS) is 1. The van der Waals surface area contributed by atoms with Gasteiger partial charge in [-0.05, 0) is 29.8 Å². The maximum Gasteiger partial charge on any atom is 0.417 e. The molecule has 3 nitrogen and oxygen atoms in total. The fourth-order valence-electron chi connectivity index (χ4n) is 1.92. The molecule has 0 aliphatic rings. The molecule has 0 unspecified atom stereocenters. The number of hydrogen-bond donors (Lipinski definition) is 1. The molecule has 1 aromatic carbocycles. The molecule has 0 fully saturated rings. The van der Waals surface area contributed by atoms with Crippen molar-refractivity contribution in [3.8, 4) is 11.3 Å². The summed E-state index contributed by atoms with van der Waals surface area (Å²) in [4.78, 5) is 10.9. The van der Waals surface area contributed by atoms with Crippen molar-refractivity contribution in [2.45, 2.75) is 6.18 Å². The minimum absolute atomic E-state index is 0.0106. The van der Waals surface area contributed by atoms with Crippen molar-refractivity contribution in [2.24, 2.45) is 7.05 Å². The molecule has 2 rings (SSSR count). The van der Waals surface area contributed by atoms with Crippen LogP contribution in [0.1, 0.15) is 16.1 Å². The van der Waals surface area contributed by atoms with Gasteiger partial charge in [-0.25, -0.2) is 4.79 Å². The van der Waals surface area contributed by atoms with Gasteiger partial charge >= 0.3 is 12.1 Å². The number of rotatable bonds is 2. The van der Waals surface area contributed by atoms with Crippen LogP contribution in [-0.2, 0) is 13.2 Å². The lowest BCUT2D eigenvalue weighted by Gasteiger charge is -2.12. The summed E-state index contributed by atoms with van der Waals surface area (Å²) in [5, 5.41) is 8.54. The Hall–Kier alpha value is -1.95. The summed E-state index contributed by atoms with van der Waals surface area (Å²) in [6, 6.07) is 6.25. The highest BCUT2D eigenvalue weighted by molar-refractivity contribution is 6.31. The predicted octanol–water partition coefficient (Wildman–Crippen LogP) is 4.06. The molecule has 0 radical (unpaired) electrons. The fraction of sp³-hybridized carbons (Fsp3) is 0.154. The van der Waals surface area contributed by atoms with Crippen LogP contribution in [0.5, 0.6) is 0 Å². The highest BCUT2D eigenvalue weighted by Crippen LogP contribution is 2.37. The van der Waals surface area contributed by atoms with Crippen LogP contribution in [0.15, 0.2) is 30.3 Å². The molecule has 0 atom stereocenters. The number of halogens is 4. The number of carboxylic acids is 1. The Labute approximate surface area is 117 Å². The lowest BCUT2D eigenvalue weighted by molar-refractivity contribution is -0.137. The second-order valence-electron chi connectivity index (χ2n) is 4.16. The third-order valence-corrected chi connectivity index (χ3v) is 3.24. The third kappa shape index (κ3) is 2.51. The molecular weight excluding hydrogens is 295 g/mol. The van der Waals surface area contributed by atoms with Crippen LogP contribution in [-0.4, -0.2) is 15.6 Å². The molecule has 0 aliphatic heterocycles. The zero-order valence-electron chi connectivity index (χ0n) is 10.2. The Morgan fingerprint density at radius 2 is 1.90 bits per heavy atom. The Bertz CT molecular complexity index is 677. The number of alkyl halides is 3. The number of carbonyl (C=O) groups is 1. The molecule has 2 aromatic rings. The van der Waals surface area contributed by atoms with Gasteiger partial charge < -0.3 is 9.67 Å². The maximum atomic E-state index is 12.8. The molecule has 0 spiro atoms. The average molecular weight is 304 g/mol. The summed E-state index contributed by atoms with van der Waals surface area (Å²) in [5.74, 6) is -1.15. The Kier molecular flexibility index (Phi) is 3.52. The van der Waals surface area contributed by atoms with Gasteiger partial charge in [0.15, 0.2) is 0 Å². The molecule has 20 heavy (non-hydrogen) atoms. The van der Waals surface area contributed by atoms with Gasteiger partial charge in [-0.3, -0.25) is 0 Å². The molecular formula is C13H9ClF3NO2. The monoisotopic (exact) mass is 303 g/mol. The first-order chi connectivity index (χ1) is 9.21. The van der Waals surface area contributed by atoms with Crippen molar-refractivity contribution in [3.05, 3.63) is 46.6 Å². The molecule has 1 heterocycles. The summed E-state index contributed by atoms with van der Waals surface area (Å²) in [7, 11) is 1.47. The van der Waals surface area contributed by atoms with Crippen LogP contribution < -0.4 is 0 Å². The lowest BCUT2D eigenvalue weighted by atomic mass is 10.1. The van der Waals surface area contributed by atoms with E-state index in [1.54, 1.807) is 0 Å². The zero-order chi connectivity index (χ0) is 15.1. The van der Waals surface area contributed by atoms with E-state index in [9.17, 15) is 18.0 Å². The minimum Gasteiger partial charge on any atom is -0.477 e. The van der Waals surface area contributed by atoms with Crippen LogP contribution >= 0.6 is 11.6 Å². The summed E-state index contributed by atoms with van der Waals surface area (Å²) in [5.41, 5.74) is -0.348. The van der Waals surface area contributed by atoms with Gasteiger partial charge in [0.1, 0.15) is 5.69 Å². The second kappa shape index (κ2) is 4.86. The minimum atomic E-state index is -4.56. The number of aromatic nitrogens is 1.